The monoisotopic (exact) mass is 598 g/mol. The number of aromatic nitrogens is 2. The van der Waals surface area contributed by atoms with Gasteiger partial charge in [-0.15, -0.1) is 23.5 Å². The van der Waals surface area contributed by atoms with Crippen molar-refractivity contribution < 1.29 is 14.3 Å². The molecule has 2 aliphatic heterocycles. The van der Waals surface area contributed by atoms with Crippen LogP contribution in [-0.2, 0) is 9.16 Å². The maximum Gasteiger partial charge on any atom is 0.330 e. The Morgan fingerprint density at radius 3 is 2.15 bits per heavy atom. The molecule has 2 N–H and O–H groups in total. The molecule has 0 aliphatic carbocycles. The number of hydrogen-bond acceptors (Lipinski definition) is 7. The molecule has 0 amide bonds. The molecule has 2 aliphatic rings. The topological polar surface area (TPSA) is 93.6 Å². The van der Waals surface area contributed by atoms with Crippen molar-refractivity contribution >= 4 is 42.2 Å². The first-order valence-electron chi connectivity index (χ1n) is 13.8. The molecule has 214 valence electrons. The largest absolute Gasteiger partial charge is 0.405 e. The molecule has 40 heavy (non-hydrogen) atoms. The number of aliphatic hydroxyl groups excluding tert-OH is 1. The molecule has 0 spiro atoms. The molecule has 4 atom stereocenters. The number of ether oxygens (including phenoxy) is 1. The number of benzene rings is 2. The minimum absolute atomic E-state index is 0.112. The van der Waals surface area contributed by atoms with E-state index in [4.69, 9.17) is 9.16 Å². The van der Waals surface area contributed by atoms with Gasteiger partial charge in [-0.3, -0.25) is 14.3 Å². The lowest BCUT2D eigenvalue weighted by molar-refractivity contribution is -0.0516. The second-order valence-corrected chi connectivity index (χ2v) is 18.7. The van der Waals surface area contributed by atoms with Crippen LogP contribution in [0.3, 0.4) is 0 Å². The van der Waals surface area contributed by atoms with Gasteiger partial charge in [0.15, 0.2) is 6.23 Å². The number of nitrogens with one attached hydrogen (secondary N) is 1. The Balaban J connectivity index is 1.55. The van der Waals surface area contributed by atoms with Crippen LogP contribution in [0.1, 0.15) is 39.0 Å². The highest BCUT2D eigenvalue weighted by Crippen LogP contribution is 2.46. The lowest BCUT2D eigenvalue weighted by Gasteiger charge is -2.44. The van der Waals surface area contributed by atoms with Gasteiger partial charge in [-0.2, -0.15) is 0 Å². The number of thioether (sulfide) groups is 2. The number of aliphatic hydroxyl groups is 1. The van der Waals surface area contributed by atoms with Gasteiger partial charge in [0.1, 0.15) is 6.10 Å². The molecule has 2 unspecified atom stereocenters. The smallest absolute Gasteiger partial charge is 0.330 e. The normalized spacial score (nSPS) is 24.3. The van der Waals surface area contributed by atoms with Gasteiger partial charge in [-0.05, 0) is 40.3 Å². The molecule has 2 saturated heterocycles. The Kier molecular flexibility index (Phi) is 8.85. The van der Waals surface area contributed by atoms with E-state index >= 15 is 0 Å². The first-order valence-corrected chi connectivity index (χ1v) is 17.8. The highest BCUT2D eigenvalue weighted by Gasteiger charge is 2.54. The van der Waals surface area contributed by atoms with E-state index < -0.39 is 38.0 Å². The molecule has 3 aromatic rings. The third kappa shape index (κ3) is 5.54. The van der Waals surface area contributed by atoms with Crippen LogP contribution in [-0.4, -0.2) is 57.9 Å². The zero-order chi connectivity index (χ0) is 28.5. The summed E-state index contributed by atoms with van der Waals surface area (Å²) in [5.41, 5.74) is -0.633. The zero-order valence-electron chi connectivity index (χ0n) is 23.4. The van der Waals surface area contributed by atoms with Crippen molar-refractivity contribution in [3.8, 4) is 0 Å². The van der Waals surface area contributed by atoms with Crippen molar-refractivity contribution in [3.63, 3.8) is 0 Å². The number of aromatic amines is 1. The second-order valence-electron chi connectivity index (χ2n) is 11.5. The summed E-state index contributed by atoms with van der Waals surface area (Å²) in [4.78, 5) is 27.2. The molecule has 0 radical (unpaired) electrons. The fourth-order valence-corrected chi connectivity index (χ4v) is 13.9. The summed E-state index contributed by atoms with van der Waals surface area (Å²) in [6.07, 6.45) is 0.325. The Morgan fingerprint density at radius 2 is 1.60 bits per heavy atom. The first-order chi connectivity index (χ1) is 19.1. The second kappa shape index (κ2) is 12.0. The maximum absolute atomic E-state index is 12.8. The van der Waals surface area contributed by atoms with Crippen molar-refractivity contribution in [2.75, 3.05) is 18.1 Å². The van der Waals surface area contributed by atoms with Crippen LogP contribution in [0.2, 0.25) is 5.04 Å². The van der Waals surface area contributed by atoms with E-state index in [9.17, 15) is 14.7 Å². The minimum atomic E-state index is -2.84. The van der Waals surface area contributed by atoms with Crippen molar-refractivity contribution in [2.24, 2.45) is 5.92 Å². The van der Waals surface area contributed by atoms with Gasteiger partial charge in [-0.1, -0.05) is 81.4 Å². The lowest BCUT2D eigenvalue weighted by atomic mass is 10.0. The maximum atomic E-state index is 12.8. The van der Waals surface area contributed by atoms with Crippen molar-refractivity contribution in [1.82, 2.24) is 9.55 Å². The quantitative estimate of drug-likeness (QED) is 0.402. The molecule has 0 bridgehead atoms. The van der Waals surface area contributed by atoms with Crippen LogP contribution >= 0.6 is 23.5 Å². The molecule has 2 aromatic carbocycles. The van der Waals surface area contributed by atoms with Crippen LogP contribution in [0.4, 0.5) is 0 Å². The highest BCUT2D eigenvalue weighted by atomic mass is 32.2. The third-order valence-electron chi connectivity index (χ3n) is 7.90. The summed E-state index contributed by atoms with van der Waals surface area (Å²) in [6.45, 7) is 8.63. The van der Waals surface area contributed by atoms with Gasteiger partial charge in [0.05, 0.1) is 17.3 Å². The molecule has 10 heteroatoms. The van der Waals surface area contributed by atoms with E-state index in [0.29, 0.717) is 5.56 Å². The summed E-state index contributed by atoms with van der Waals surface area (Å²) in [6, 6.07) is 20.9. The van der Waals surface area contributed by atoms with Gasteiger partial charge < -0.3 is 14.3 Å². The third-order valence-corrected chi connectivity index (χ3v) is 16.1. The lowest BCUT2D eigenvalue weighted by Crippen LogP contribution is -2.67. The Labute approximate surface area is 244 Å². The molecule has 5 rings (SSSR count). The Bertz CT molecular complexity index is 1360. The first kappa shape index (κ1) is 29.4. The molecule has 2 fully saturated rings. The fraction of sp³-hybridized carbons (Fsp3) is 0.467. The molecular formula is C30H38N2O5S2Si. The highest BCUT2D eigenvalue weighted by molar-refractivity contribution is 8.17. The summed E-state index contributed by atoms with van der Waals surface area (Å²) < 4.78 is 15.2. The SMILES string of the molecule is Cc1cn([C@H]2O[C@@H](CO[Si](c3ccccc3)(c3ccccc3)C(C)(C)C)C(C3SCCCS3)C2O)c(=O)[nH]c1=O. The fourth-order valence-electron chi connectivity index (χ4n) is 5.95. The summed E-state index contributed by atoms with van der Waals surface area (Å²) >= 11 is 3.68. The van der Waals surface area contributed by atoms with Gasteiger partial charge in [0, 0.05) is 17.7 Å². The van der Waals surface area contributed by atoms with Crippen LogP contribution in [0.15, 0.2) is 76.4 Å². The van der Waals surface area contributed by atoms with Gasteiger partial charge >= 0.3 is 5.69 Å². The van der Waals surface area contributed by atoms with Crippen LogP contribution in [0, 0.1) is 12.8 Å². The van der Waals surface area contributed by atoms with Crippen LogP contribution in [0.5, 0.6) is 0 Å². The number of H-pyrrole nitrogens is 1. The van der Waals surface area contributed by atoms with Crippen molar-refractivity contribution in [1.29, 1.82) is 0 Å². The van der Waals surface area contributed by atoms with Crippen LogP contribution in [0.25, 0.3) is 0 Å². The minimum Gasteiger partial charge on any atom is -0.405 e. The van der Waals surface area contributed by atoms with E-state index in [0.717, 1.165) is 17.9 Å². The number of rotatable bonds is 7. The molecule has 3 heterocycles. The van der Waals surface area contributed by atoms with E-state index in [1.807, 2.05) is 35.7 Å². The number of aryl methyl sites for hydroxylation is 1. The van der Waals surface area contributed by atoms with E-state index in [2.05, 4.69) is 74.3 Å². The number of hydrogen-bond donors (Lipinski definition) is 2. The van der Waals surface area contributed by atoms with E-state index in [1.54, 1.807) is 6.92 Å². The molecular weight excluding hydrogens is 561 g/mol. The number of nitrogens with zero attached hydrogens (tertiary/aromatic N) is 1. The zero-order valence-corrected chi connectivity index (χ0v) is 26.0. The van der Waals surface area contributed by atoms with Crippen LogP contribution < -0.4 is 21.6 Å². The molecule has 1 aromatic heterocycles. The van der Waals surface area contributed by atoms with Crippen molar-refractivity contribution in [3.05, 3.63) is 93.3 Å². The average Bonchev–Trinajstić information content (AvgIpc) is 3.27. The van der Waals surface area contributed by atoms with E-state index in [-0.39, 0.29) is 22.1 Å². The van der Waals surface area contributed by atoms with Gasteiger partial charge in [0.2, 0.25) is 0 Å². The molecule has 0 saturated carbocycles. The summed E-state index contributed by atoms with van der Waals surface area (Å²) in [7, 11) is -2.84. The van der Waals surface area contributed by atoms with Gasteiger partial charge in [-0.25, -0.2) is 4.79 Å². The molecule has 7 nitrogen and oxygen atoms in total. The summed E-state index contributed by atoms with van der Waals surface area (Å²) in [5, 5.41) is 13.8. The van der Waals surface area contributed by atoms with Crippen molar-refractivity contribution in [2.45, 2.75) is 62.2 Å². The van der Waals surface area contributed by atoms with E-state index in [1.165, 1.54) is 21.1 Å². The standard InChI is InChI=1S/C30H38N2O5S2Si/c1-20-18-32(29(35)31-26(20)34)27-25(33)24(28-38-16-11-17-39-28)23(37-27)19-36-40(30(2,3)4,21-12-7-5-8-13-21)22-14-9-6-10-15-22/h5-10,12-15,18,23-25,27-28,33H,11,16-17,19H2,1-4H3,(H,31,34,35)/t23-,24?,25?,27-/m0/s1. The van der Waals surface area contributed by atoms with Gasteiger partial charge in [0.25, 0.3) is 13.9 Å². The Hall–Kier alpha value is -2.08. The summed E-state index contributed by atoms with van der Waals surface area (Å²) in [5.74, 6) is 1.79. The Morgan fingerprint density at radius 1 is 1.02 bits per heavy atom. The predicted molar refractivity (Wildman–Crippen MR) is 166 cm³/mol. The predicted octanol–water partition coefficient (Wildman–Crippen LogP) is 3.49. The average molecular weight is 599 g/mol.